The lowest BCUT2D eigenvalue weighted by atomic mass is 10.0. The Morgan fingerprint density at radius 1 is 0.426 bits per heavy atom. The second-order valence-corrected chi connectivity index (χ2v) is 15.1. The Bertz CT molecular complexity index is 946. The van der Waals surface area contributed by atoms with Crippen LogP contribution in [0.5, 0.6) is 0 Å². The Labute approximate surface area is 334 Å². The van der Waals surface area contributed by atoms with Gasteiger partial charge in [-0.2, -0.15) is 0 Å². The van der Waals surface area contributed by atoms with E-state index in [1.807, 2.05) is 12.2 Å². The minimum atomic E-state index is -0.811. The number of esters is 2. The molecular formula is C49H86O5. The van der Waals surface area contributed by atoms with Crippen molar-refractivity contribution in [2.75, 3.05) is 13.2 Å². The first-order chi connectivity index (χ1) is 26.6. The van der Waals surface area contributed by atoms with Gasteiger partial charge in [-0.1, -0.05) is 216 Å². The Balaban J connectivity index is 3.61. The van der Waals surface area contributed by atoms with Crippen LogP contribution in [0, 0.1) is 0 Å². The Hall–Kier alpha value is -2.40. The van der Waals surface area contributed by atoms with Crippen LogP contribution in [0.4, 0.5) is 0 Å². The van der Waals surface area contributed by atoms with Gasteiger partial charge in [0, 0.05) is 12.8 Å². The summed E-state index contributed by atoms with van der Waals surface area (Å²) >= 11 is 0. The lowest BCUT2D eigenvalue weighted by Crippen LogP contribution is -2.28. The molecule has 0 aromatic carbocycles. The molecule has 0 bridgehead atoms. The van der Waals surface area contributed by atoms with Crippen LogP contribution in [0.15, 0.2) is 60.8 Å². The minimum Gasteiger partial charge on any atom is -0.462 e. The predicted octanol–water partition coefficient (Wildman–Crippen LogP) is 14.7. The zero-order chi connectivity index (χ0) is 39.3. The van der Waals surface area contributed by atoms with Crippen LogP contribution in [-0.4, -0.2) is 36.4 Å². The first-order valence-corrected chi connectivity index (χ1v) is 22.8. The van der Waals surface area contributed by atoms with E-state index >= 15 is 0 Å². The van der Waals surface area contributed by atoms with Crippen LogP contribution in [-0.2, 0) is 19.1 Å². The van der Waals surface area contributed by atoms with E-state index in [1.54, 1.807) is 0 Å². The molecule has 0 unspecified atom stereocenters. The number of ether oxygens (including phenoxy) is 2. The highest BCUT2D eigenvalue weighted by Gasteiger charge is 2.15. The van der Waals surface area contributed by atoms with Gasteiger partial charge in [-0.3, -0.25) is 9.59 Å². The smallest absolute Gasteiger partial charge is 0.306 e. The van der Waals surface area contributed by atoms with E-state index < -0.39 is 12.1 Å². The molecule has 0 rings (SSSR count). The van der Waals surface area contributed by atoms with E-state index in [9.17, 15) is 14.7 Å². The quantitative estimate of drug-likeness (QED) is 0.0382. The van der Waals surface area contributed by atoms with Gasteiger partial charge in [-0.25, -0.2) is 0 Å². The van der Waals surface area contributed by atoms with Crippen LogP contribution in [0.3, 0.4) is 0 Å². The molecule has 1 atom stereocenters. The summed E-state index contributed by atoms with van der Waals surface area (Å²) in [6.45, 7) is 4.06. The molecule has 0 aliphatic carbocycles. The molecule has 0 heterocycles. The van der Waals surface area contributed by atoms with Crippen molar-refractivity contribution < 1.29 is 24.2 Å². The largest absolute Gasteiger partial charge is 0.462 e. The number of hydrogen-bond acceptors (Lipinski definition) is 5. The van der Waals surface area contributed by atoms with E-state index in [-0.39, 0.29) is 25.6 Å². The summed E-state index contributed by atoms with van der Waals surface area (Å²) in [4.78, 5) is 24.3. The van der Waals surface area contributed by atoms with Gasteiger partial charge in [0.05, 0.1) is 6.61 Å². The molecule has 0 saturated heterocycles. The zero-order valence-corrected chi connectivity index (χ0v) is 35.5. The zero-order valence-electron chi connectivity index (χ0n) is 35.5. The first kappa shape index (κ1) is 51.6. The molecule has 0 aromatic heterocycles. The number of rotatable bonds is 41. The molecule has 0 amide bonds. The van der Waals surface area contributed by atoms with Crippen molar-refractivity contribution in [1.29, 1.82) is 0 Å². The average molecular weight is 755 g/mol. The van der Waals surface area contributed by atoms with Crippen LogP contribution < -0.4 is 0 Å². The lowest BCUT2D eigenvalue weighted by molar-refractivity contribution is -0.161. The van der Waals surface area contributed by atoms with Crippen molar-refractivity contribution in [3.05, 3.63) is 60.8 Å². The van der Waals surface area contributed by atoms with Gasteiger partial charge >= 0.3 is 11.9 Å². The fraction of sp³-hybridized carbons (Fsp3) is 0.755. The molecular weight excluding hydrogens is 669 g/mol. The van der Waals surface area contributed by atoms with Crippen molar-refractivity contribution in [3.63, 3.8) is 0 Å². The third-order valence-electron chi connectivity index (χ3n) is 9.83. The number of unbranched alkanes of at least 4 members (excludes halogenated alkanes) is 23. The summed E-state index contributed by atoms with van der Waals surface area (Å²) in [5.74, 6) is -0.682. The molecule has 0 fully saturated rings. The maximum absolute atomic E-state index is 12.2. The summed E-state index contributed by atoms with van der Waals surface area (Å²) < 4.78 is 10.6. The summed E-state index contributed by atoms with van der Waals surface area (Å²) in [6, 6.07) is 0. The molecule has 54 heavy (non-hydrogen) atoms. The molecule has 0 radical (unpaired) electrons. The normalized spacial score (nSPS) is 12.7. The van der Waals surface area contributed by atoms with Gasteiger partial charge in [-0.05, 0) is 51.4 Å². The van der Waals surface area contributed by atoms with Gasteiger partial charge in [-0.15, -0.1) is 0 Å². The van der Waals surface area contributed by atoms with Gasteiger partial charge in [0.15, 0.2) is 6.10 Å². The maximum atomic E-state index is 12.2. The highest BCUT2D eigenvalue weighted by atomic mass is 16.6. The molecule has 0 saturated carbocycles. The molecule has 1 N–H and O–H groups in total. The van der Waals surface area contributed by atoms with Gasteiger partial charge < -0.3 is 14.6 Å². The predicted molar refractivity (Wildman–Crippen MR) is 233 cm³/mol. The second-order valence-electron chi connectivity index (χ2n) is 15.1. The van der Waals surface area contributed by atoms with Crippen molar-refractivity contribution in [3.8, 4) is 0 Å². The third-order valence-corrected chi connectivity index (χ3v) is 9.83. The van der Waals surface area contributed by atoms with Crippen molar-refractivity contribution in [2.24, 2.45) is 0 Å². The van der Waals surface area contributed by atoms with Crippen molar-refractivity contribution >= 4 is 11.9 Å². The highest BCUT2D eigenvalue weighted by molar-refractivity contribution is 5.70. The monoisotopic (exact) mass is 755 g/mol. The molecule has 312 valence electrons. The molecule has 0 aromatic rings. The number of aliphatic hydroxyl groups is 1. The number of hydrogen-bond donors (Lipinski definition) is 1. The Morgan fingerprint density at radius 3 is 1.19 bits per heavy atom. The lowest BCUT2D eigenvalue weighted by Gasteiger charge is -2.15. The number of carbonyl (C=O) groups excluding carboxylic acids is 2. The van der Waals surface area contributed by atoms with Crippen molar-refractivity contribution in [1.82, 2.24) is 0 Å². The van der Waals surface area contributed by atoms with Gasteiger partial charge in [0.1, 0.15) is 6.61 Å². The summed E-state index contributed by atoms with van der Waals surface area (Å²) in [5, 5.41) is 9.58. The van der Waals surface area contributed by atoms with Crippen LogP contribution in [0.1, 0.15) is 219 Å². The standard InChI is InChI=1S/C49H86O5/c1-3-5-7-9-11-13-15-17-19-21-23-24-26-27-29-31-33-35-37-39-41-43-48(51)53-46-47(45-50)54-49(52)44-42-40-38-36-34-32-30-28-25-22-20-18-16-14-12-10-8-6-4-2/h12,14,18,20,25,28,32,34,38,40,47,50H,3-11,13,15-17,19,21-24,26-27,29-31,33,35-37,39,41-46H2,1-2H3/b14-12-,20-18-,28-25-,34-32-,40-38-/t47-/m0/s1. The second kappa shape index (κ2) is 45.0. The van der Waals surface area contributed by atoms with E-state index in [4.69, 9.17) is 9.47 Å². The maximum Gasteiger partial charge on any atom is 0.306 e. The molecule has 5 nitrogen and oxygen atoms in total. The fourth-order valence-electron chi connectivity index (χ4n) is 6.36. The van der Waals surface area contributed by atoms with Gasteiger partial charge in [0.25, 0.3) is 0 Å². The first-order valence-electron chi connectivity index (χ1n) is 22.8. The molecule has 0 spiro atoms. The number of allylic oxidation sites excluding steroid dienone is 10. The fourth-order valence-corrected chi connectivity index (χ4v) is 6.36. The molecule has 0 aliphatic rings. The van der Waals surface area contributed by atoms with Crippen molar-refractivity contribution in [2.45, 2.75) is 225 Å². The summed E-state index contributed by atoms with van der Waals surface area (Å²) in [7, 11) is 0. The Kier molecular flexibility index (Phi) is 43.0. The minimum absolute atomic E-state index is 0.0950. The van der Waals surface area contributed by atoms with E-state index in [0.29, 0.717) is 12.8 Å². The summed E-state index contributed by atoms with van der Waals surface area (Å²) in [5.41, 5.74) is 0. The number of aliphatic hydroxyl groups excluding tert-OH is 1. The van der Waals surface area contributed by atoms with Crippen LogP contribution in [0.2, 0.25) is 0 Å². The van der Waals surface area contributed by atoms with E-state index in [0.717, 1.165) is 44.9 Å². The van der Waals surface area contributed by atoms with Crippen LogP contribution in [0.25, 0.3) is 0 Å². The molecule has 0 aliphatic heterocycles. The average Bonchev–Trinajstić information content (AvgIpc) is 3.17. The highest BCUT2D eigenvalue weighted by Crippen LogP contribution is 2.15. The van der Waals surface area contributed by atoms with E-state index in [2.05, 4.69) is 62.5 Å². The molecule has 5 heteroatoms. The third kappa shape index (κ3) is 42.3. The Morgan fingerprint density at radius 2 is 0.778 bits per heavy atom. The SMILES string of the molecule is CCCCC/C=C\C/C=C\C/C=C\C/C=C\C/C=C\CCC(=O)O[C@@H](CO)COC(=O)CCCCCCCCCCCCCCCCCCCCCCC. The van der Waals surface area contributed by atoms with Gasteiger partial charge in [0.2, 0.25) is 0 Å². The topological polar surface area (TPSA) is 72.8 Å². The van der Waals surface area contributed by atoms with E-state index in [1.165, 1.54) is 141 Å². The van der Waals surface area contributed by atoms with Crippen LogP contribution >= 0.6 is 0 Å². The number of carbonyl (C=O) groups is 2. The summed E-state index contributed by atoms with van der Waals surface area (Å²) in [6.07, 6.45) is 58.8.